The number of aromatic nitrogens is 2. The minimum Gasteiger partial charge on any atom is -0.326 e. The van der Waals surface area contributed by atoms with Crippen LogP contribution in [0.25, 0.3) is 0 Å². The Kier molecular flexibility index (Phi) is 2.44. The largest absolute Gasteiger partial charge is 0.328 e. The van der Waals surface area contributed by atoms with Crippen molar-refractivity contribution in [2.75, 3.05) is 0 Å². The van der Waals surface area contributed by atoms with Crippen molar-refractivity contribution in [3.05, 3.63) is 33.1 Å². The first-order valence-electron chi connectivity index (χ1n) is 3.65. The average Bonchev–Trinajstić information content (AvgIpc) is 1.94. The highest BCUT2D eigenvalue weighted by molar-refractivity contribution is 4.82. The van der Waals surface area contributed by atoms with Gasteiger partial charge in [0, 0.05) is 24.8 Å². The Balaban J connectivity index is 3.02. The normalized spacial score (nSPS) is 12.8. The zero-order valence-electron chi connectivity index (χ0n) is 6.78. The van der Waals surface area contributed by atoms with E-state index >= 15 is 0 Å². The van der Waals surface area contributed by atoms with Gasteiger partial charge in [-0.25, -0.2) is 4.79 Å². The van der Waals surface area contributed by atoms with Gasteiger partial charge < -0.3 is 5.73 Å². The summed E-state index contributed by atoms with van der Waals surface area (Å²) in [5.74, 6) is 0. The standard InChI is InChI=1S/C7H11N3O2/c1-5(8)4-10-3-2-6(11)9-7(10)12/h2-3,5H,4,8H2,1H3,(H,9,11,12)/t5-/m1/s1. The van der Waals surface area contributed by atoms with Gasteiger partial charge in [0.15, 0.2) is 0 Å². The van der Waals surface area contributed by atoms with Crippen LogP contribution in [0.15, 0.2) is 21.9 Å². The number of nitrogens with two attached hydrogens (primary N) is 1. The topological polar surface area (TPSA) is 80.9 Å². The van der Waals surface area contributed by atoms with Gasteiger partial charge in [-0.3, -0.25) is 14.3 Å². The van der Waals surface area contributed by atoms with Crippen LogP contribution in [0.5, 0.6) is 0 Å². The molecule has 0 saturated carbocycles. The first kappa shape index (κ1) is 8.73. The van der Waals surface area contributed by atoms with Gasteiger partial charge >= 0.3 is 5.69 Å². The van der Waals surface area contributed by atoms with Crippen LogP contribution in [0.2, 0.25) is 0 Å². The molecule has 0 aliphatic rings. The zero-order valence-corrected chi connectivity index (χ0v) is 6.78. The summed E-state index contributed by atoms with van der Waals surface area (Å²) in [7, 11) is 0. The Morgan fingerprint density at radius 2 is 2.33 bits per heavy atom. The predicted molar refractivity (Wildman–Crippen MR) is 45.0 cm³/mol. The summed E-state index contributed by atoms with van der Waals surface area (Å²) in [6.45, 7) is 2.20. The first-order valence-corrected chi connectivity index (χ1v) is 3.65. The Morgan fingerprint density at radius 3 is 2.83 bits per heavy atom. The molecule has 0 aliphatic carbocycles. The van der Waals surface area contributed by atoms with Gasteiger partial charge in [-0.2, -0.15) is 0 Å². The second kappa shape index (κ2) is 3.36. The van der Waals surface area contributed by atoms with Gasteiger partial charge in [0.1, 0.15) is 0 Å². The fraction of sp³-hybridized carbons (Fsp3) is 0.429. The number of nitrogens with one attached hydrogen (secondary N) is 1. The monoisotopic (exact) mass is 169 g/mol. The van der Waals surface area contributed by atoms with E-state index in [1.165, 1.54) is 16.8 Å². The van der Waals surface area contributed by atoms with Gasteiger partial charge in [-0.1, -0.05) is 0 Å². The van der Waals surface area contributed by atoms with E-state index in [9.17, 15) is 9.59 Å². The summed E-state index contributed by atoms with van der Waals surface area (Å²) >= 11 is 0. The number of H-pyrrole nitrogens is 1. The Morgan fingerprint density at radius 1 is 1.67 bits per heavy atom. The van der Waals surface area contributed by atoms with Gasteiger partial charge in [0.05, 0.1) is 0 Å². The predicted octanol–water partition coefficient (Wildman–Crippen LogP) is -1.12. The lowest BCUT2D eigenvalue weighted by Gasteiger charge is -2.06. The Labute approximate surface area is 68.8 Å². The number of nitrogens with zero attached hydrogens (tertiary/aromatic N) is 1. The third-order valence-electron chi connectivity index (χ3n) is 1.38. The van der Waals surface area contributed by atoms with Crippen molar-refractivity contribution >= 4 is 0 Å². The molecule has 1 aromatic heterocycles. The van der Waals surface area contributed by atoms with Crippen LogP contribution in [0.1, 0.15) is 6.92 Å². The van der Waals surface area contributed by atoms with Crippen molar-refractivity contribution in [1.29, 1.82) is 0 Å². The maximum absolute atomic E-state index is 11.0. The lowest BCUT2D eigenvalue weighted by molar-refractivity contribution is 0.561. The van der Waals surface area contributed by atoms with Gasteiger partial charge in [0.2, 0.25) is 0 Å². The molecular formula is C7H11N3O2. The van der Waals surface area contributed by atoms with Crippen LogP contribution >= 0.6 is 0 Å². The van der Waals surface area contributed by atoms with Gasteiger partial charge in [-0.15, -0.1) is 0 Å². The molecule has 0 radical (unpaired) electrons. The van der Waals surface area contributed by atoms with Crippen molar-refractivity contribution in [1.82, 2.24) is 9.55 Å². The highest BCUT2D eigenvalue weighted by Gasteiger charge is 1.98. The molecule has 3 N–H and O–H groups in total. The number of aromatic amines is 1. The second-order valence-corrected chi connectivity index (χ2v) is 2.74. The maximum Gasteiger partial charge on any atom is 0.328 e. The van der Waals surface area contributed by atoms with Crippen molar-refractivity contribution in [3.8, 4) is 0 Å². The molecule has 1 heterocycles. The molecule has 0 saturated heterocycles. The highest BCUT2D eigenvalue weighted by Crippen LogP contribution is 1.80. The van der Waals surface area contributed by atoms with E-state index in [-0.39, 0.29) is 11.6 Å². The van der Waals surface area contributed by atoms with Gasteiger partial charge in [-0.05, 0) is 6.92 Å². The van der Waals surface area contributed by atoms with E-state index < -0.39 is 5.69 Å². The van der Waals surface area contributed by atoms with Crippen molar-refractivity contribution < 1.29 is 0 Å². The fourth-order valence-corrected chi connectivity index (χ4v) is 0.898. The molecule has 0 fully saturated rings. The molecule has 66 valence electrons. The fourth-order valence-electron chi connectivity index (χ4n) is 0.898. The molecule has 0 spiro atoms. The summed E-state index contributed by atoms with van der Waals surface area (Å²) in [5.41, 5.74) is 4.67. The third kappa shape index (κ3) is 2.06. The number of hydrogen-bond acceptors (Lipinski definition) is 3. The van der Waals surface area contributed by atoms with E-state index in [2.05, 4.69) is 4.98 Å². The summed E-state index contributed by atoms with van der Waals surface area (Å²) in [6.07, 6.45) is 1.44. The zero-order chi connectivity index (χ0) is 9.14. The molecule has 5 nitrogen and oxygen atoms in total. The maximum atomic E-state index is 11.0. The molecule has 1 atom stereocenters. The number of rotatable bonds is 2. The van der Waals surface area contributed by atoms with E-state index in [0.29, 0.717) is 6.54 Å². The molecule has 0 aliphatic heterocycles. The molecule has 12 heavy (non-hydrogen) atoms. The first-order chi connectivity index (χ1) is 5.59. The van der Waals surface area contributed by atoms with E-state index in [4.69, 9.17) is 5.73 Å². The Bertz CT molecular complexity index is 363. The van der Waals surface area contributed by atoms with Crippen LogP contribution < -0.4 is 17.0 Å². The lowest BCUT2D eigenvalue weighted by atomic mass is 10.3. The minimum absolute atomic E-state index is 0.103. The molecule has 5 heteroatoms. The summed E-state index contributed by atoms with van der Waals surface area (Å²) in [6, 6.07) is 1.19. The molecule has 1 aromatic rings. The molecule has 1 rings (SSSR count). The summed E-state index contributed by atoms with van der Waals surface area (Å²) < 4.78 is 1.37. The minimum atomic E-state index is -0.417. The van der Waals surface area contributed by atoms with Gasteiger partial charge in [0.25, 0.3) is 5.56 Å². The van der Waals surface area contributed by atoms with E-state index in [0.717, 1.165) is 0 Å². The SMILES string of the molecule is C[C@@H](N)Cn1ccc(=O)[nH]c1=O. The molecule has 0 unspecified atom stereocenters. The van der Waals surface area contributed by atoms with Crippen LogP contribution in [-0.4, -0.2) is 15.6 Å². The van der Waals surface area contributed by atoms with E-state index in [1.54, 1.807) is 6.92 Å². The second-order valence-electron chi connectivity index (χ2n) is 2.74. The molecule has 0 aromatic carbocycles. The van der Waals surface area contributed by atoms with Crippen molar-refractivity contribution in [3.63, 3.8) is 0 Å². The van der Waals surface area contributed by atoms with E-state index in [1.807, 2.05) is 0 Å². The number of hydrogen-bond donors (Lipinski definition) is 2. The van der Waals surface area contributed by atoms with Crippen LogP contribution in [0.4, 0.5) is 0 Å². The Hall–Kier alpha value is -1.36. The third-order valence-corrected chi connectivity index (χ3v) is 1.38. The molecule has 0 amide bonds. The van der Waals surface area contributed by atoms with Crippen LogP contribution in [0.3, 0.4) is 0 Å². The molecular weight excluding hydrogens is 158 g/mol. The summed E-state index contributed by atoms with van der Waals surface area (Å²) in [4.78, 5) is 23.8. The smallest absolute Gasteiger partial charge is 0.326 e. The summed E-state index contributed by atoms with van der Waals surface area (Å²) in [5, 5.41) is 0. The van der Waals surface area contributed by atoms with Crippen LogP contribution in [-0.2, 0) is 6.54 Å². The van der Waals surface area contributed by atoms with Crippen molar-refractivity contribution in [2.24, 2.45) is 5.73 Å². The quantitative estimate of drug-likeness (QED) is 0.588. The lowest BCUT2D eigenvalue weighted by Crippen LogP contribution is -2.34. The average molecular weight is 169 g/mol. The molecule has 0 bridgehead atoms. The highest BCUT2D eigenvalue weighted by atomic mass is 16.2. The van der Waals surface area contributed by atoms with Crippen LogP contribution in [0, 0.1) is 0 Å². The van der Waals surface area contributed by atoms with Crippen molar-refractivity contribution in [2.45, 2.75) is 19.5 Å².